The highest BCUT2D eigenvalue weighted by Crippen LogP contribution is 2.22. The van der Waals surface area contributed by atoms with Crippen LogP contribution in [0.1, 0.15) is 27.6 Å². The van der Waals surface area contributed by atoms with Crippen LogP contribution in [0.5, 0.6) is 5.75 Å². The molecule has 0 saturated carbocycles. The van der Waals surface area contributed by atoms with Gasteiger partial charge in [0.2, 0.25) is 0 Å². The zero-order valence-corrected chi connectivity index (χ0v) is 11.6. The van der Waals surface area contributed by atoms with Crippen molar-refractivity contribution in [2.75, 3.05) is 11.9 Å². The highest BCUT2D eigenvalue weighted by Gasteiger charge is 2.14. The first-order valence-electron chi connectivity index (χ1n) is 5.95. The van der Waals surface area contributed by atoms with Crippen LogP contribution in [0.2, 0.25) is 0 Å². The summed E-state index contributed by atoms with van der Waals surface area (Å²) in [5, 5.41) is 14.7. The van der Waals surface area contributed by atoms with E-state index in [1.165, 1.54) is 16.7 Å². The van der Waals surface area contributed by atoms with Crippen molar-refractivity contribution in [3.05, 3.63) is 46.2 Å². The van der Waals surface area contributed by atoms with E-state index in [0.717, 1.165) is 0 Å². The summed E-state index contributed by atoms with van der Waals surface area (Å²) in [6.07, 6.45) is 0. The Morgan fingerprint density at radius 1 is 1.35 bits per heavy atom. The molecule has 2 rings (SSSR count). The number of nitrogens with one attached hydrogen (secondary N) is 1. The number of hydrogen-bond donors (Lipinski definition) is 2. The van der Waals surface area contributed by atoms with Crippen molar-refractivity contribution in [1.82, 2.24) is 0 Å². The maximum atomic E-state index is 12.1. The highest BCUT2D eigenvalue weighted by molar-refractivity contribution is 7.08. The van der Waals surface area contributed by atoms with Crippen molar-refractivity contribution in [3.8, 4) is 5.75 Å². The number of benzene rings is 1. The van der Waals surface area contributed by atoms with Gasteiger partial charge in [0.1, 0.15) is 5.75 Å². The number of aromatic carboxylic acids is 1. The smallest absolute Gasteiger partial charge is 0.338 e. The van der Waals surface area contributed by atoms with Gasteiger partial charge < -0.3 is 15.2 Å². The van der Waals surface area contributed by atoms with Crippen LogP contribution in [0, 0.1) is 0 Å². The third-order valence-electron chi connectivity index (χ3n) is 2.55. The van der Waals surface area contributed by atoms with E-state index in [2.05, 4.69) is 5.32 Å². The number of hydrogen-bond acceptors (Lipinski definition) is 4. The van der Waals surface area contributed by atoms with E-state index in [0.29, 0.717) is 23.6 Å². The van der Waals surface area contributed by atoms with E-state index in [4.69, 9.17) is 9.84 Å². The second-order valence-electron chi connectivity index (χ2n) is 3.92. The molecule has 104 valence electrons. The SMILES string of the molecule is CCOc1cccc(C(=O)Nc2cscc2C(=O)O)c1. The minimum atomic E-state index is -1.07. The normalized spacial score (nSPS) is 10.1. The molecule has 0 atom stereocenters. The third kappa shape index (κ3) is 3.16. The number of amides is 1. The van der Waals surface area contributed by atoms with Crippen molar-refractivity contribution in [2.24, 2.45) is 0 Å². The van der Waals surface area contributed by atoms with Crippen molar-refractivity contribution in [1.29, 1.82) is 0 Å². The lowest BCUT2D eigenvalue weighted by molar-refractivity contribution is 0.0698. The van der Waals surface area contributed by atoms with Crippen molar-refractivity contribution in [3.63, 3.8) is 0 Å². The Hall–Kier alpha value is -2.34. The fourth-order valence-corrected chi connectivity index (χ4v) is 2.40. The maximum Gasteiger partial charge on any atom is 0.338 e. The van der Waals surface area contributed by atoms with Gasteiger partial charge in [-0.3, -0.25) is 4.79 Å². The highest BCUT2D eigenvalue weighted by atomic mass is 32.1. The lowest BCUT2D eigenvalue weighted by atomic mass is 10.2. The van der Waals surface area contributed by atoms with Crippen LogP contribution in [0.3, 0.4) is 0 Å². The van der Waals surface area contributed by atoms with Gasteiger partial charge in [-0.05, 0) is 25.1 Å². The number of thiophene rings is 1. The third-order valence-corrected chi connectivity index (χ3v) is 3.29. The fraction of sp³-hybridized carbons (Fsp3) is 0.143. The Balaban J connectivity index is 2.17. The molecule has 1 heterocycles. The number of anilines is 1. The lowest BCUT2D eigenvalue weighted by Crippen LogP contribution is -2.13. The molecular formula is C14H13NO4S. The van der Waals surface area contributed by atoms with E-state index in [1.807, 2.05) is 6.92 Å². The number of rotatable bonds is 5. The van der Waals surface area contributed by atoms with Gasteiger partial charge >= 0.3 is 5.97 Å². The molecule has 0 spiro atoms. The standard InChI is InChI=1S/C14H13NO4S/c1-2-19-10-5-3-4-9(6-10)13(16)15-12-8-20-7-11(12)14(17)18/h3-8H,2H2,1H3,(H,15,16)(H,17,18). The fourth-order valence-electron chi connectivity index (χ4n) is 1.65. The van der Waals surface area contributed by atoms with Crippen LogP contribution in [-0.4, -0.2) is 23.6 Å². The molecule has 0 aliphatic heterocycles. The minimum absolute atomic E-state index is 0.0873. The molecule has 0 aliphatic carbocycles. The number of carbonyl (C=O) groups excluding carboxylic acids is 1. The van der Waals surface area contributed by atoms with Gasteiger partial charge in [-0.2, -0.15) is 0 Å². The van der Waals surface area contributed by atoms with Gasteiger partial charge in [0.05, 0.1) is 17.9 Å². The lowest BCUT2D eigenvalue weighted by Gasteiger charge is -2.07. The summed E-state index contributed by atoms with van der Waals surface area (Å²) in [5.74, 6) is -0.832. The van der Waals surface area contributed by atoms with Gasteiger partial charge in [0.15, 0.2) is 0 Å². The average Bonchev–Trinajstić information content (AvgIpc) is 2.88. The predicted molar refractivity (Wildman–Crippen MR) is 76.8 cm³/mol. The number of carboxylic acid groups (broad SMARTS) is 1. The first-order valence-corrected chi connectivity index (χ1v) is 6.89. The molecule has 0 fully saturated rings. The summed E-state index contributed by atoms with van der Waals surface area (Å²) in [7, 11) is 0. The number of ether oxygens (including phenoxy) is 1. The van der Waals surface area contributed by atoms with Crippen LogP contribution < -0.4 is 10.1 Å². The topological polar surface area (TPSA) is 75.6 Å². The Morgan fingerprint density at radius 2 is 2.15 bits per heavy atom. The molecule has 5 nitrogen and oxygen atoms in total. The van der Waals surface area contributed by atoms with E-state index in [9.17, 15) is 9.59 Å². The summed E-state index contributed by atoms with van der Waals surface area (Å²) < 4.78 is 5.32. The van der Waals surface area contributed by atoms with E-state index in [-0.39, 0.29) is 11.5 Å². The minimum Gasteiger partial charge on any atom is -0.494 e. The van der Waals surface area contributed by atoms with Crippen LogP contribution >= 0.6 is 11.3 Å². The summed E-state index contributed by atoms with van der Waals surface area (Å²) in [4.78, 5) is 23.1. The Labute approximate surface area is 119 Å². The second kappa shape index (κ2) is 6.21. The molecule has 2 N–H and O–H groups in total. The predicted octanol–water partition coefficient (Wildman–Crippen LogP) is 3.10. The number of carboxylic acids is 1. The summed E-state index contributed by atoms with van der Waals surface area (Å²) in [6.45, 7) is 2.37. The maximum absolute atomic E-state index is 12.1. The second-order valence-corrected chi connectivity index (χ2v) is 4.66. The molecule has 6 heteroatoms. The molecule has 0 radical (unpaired) electrons. The Bertz CT molecular complexity index is 636. The largest absolute Gasteiger partial charge is 0.494 e. The van der Waals surface area contributed by atoms with Gasteiger partial charge in [-0.1, -0.05) is 6.07 Å². The zero-order valence-electron chi connectivity index (χ0n) is 10.8. The Morgan fingerprint density at radius 3 is 2.85 bits per heavy atom. The van der Waals surface area contributed by atoms with Crippen molar-refractivity contribution >= 4 is 28.9 Å². The van der Waals surface area contributed by atoms with E-state index < -0.39 is 5.97 Å². The molecule has 2 aromatic rings. The van der Waals surface area contributed by atoms with Gasteiger partial charge in [0, 0.05) is 16.3 Å². The average molecular weight is 291 g/mol. The summed E-state index contributed by atoms with van der Waals surface area (Å²) in [5.41, 5.74) is 0.803. The Kier molecular flexibility index (Phi) is 4.37. The molecule has 1 amide bonds. The zero-order chi connectivity index (χ0) is 14.5. The summed E-state index contributed by atoms with van der Waals surface area (Å²) >= 11 is 1.22. The molecular weight excluding hydrogens is 278 g/mol. The molecule has 1 aromatic carbocycles. The van der Waals surface area contributed by atoms with Crippen molar-refractivity contribution in [2.45, 2.75) is 6.92 Å². The van der Waals surface area contributed by atoms with Crippen LogP contribution in [0.25, 0.3) is 0 Å². The quantitative estimate of drug-likeness (QED) is 0.887. The van der Waals surface area contributed by atoms with Crippen LogP contribution in [0.15, 0.2) is 35.0 Å². The van der Waals surface area contributed by atoms with Crippen molar-refractivity contribution < 1.29 is 19.4 Å². The van der Waals surface area contributed by atoms with Gasteiger partial charge in [-0.15, -0.1) is 11.3 Å². The molecule has 0 unspecified atom stereocenters. The van der Waals surface area contributed by atoms with E-state index in [1.54, 1.807) is 29.6 Å². The number of carbonyl (C=O) groups is 2. The first kappa shape index (κ1) is 14.1. The molecule has 0 bridgehead atoms. The van der Waals surface area contributed by atoms with Crippen LogP contribution in [0.4, 0.5) is 5.69 Å². The van der Waals surface area contributed by atoms with Crippen LogP contribution in [-0.2, 0) is 0 Å². The molecule has 0 saturated heterocycles. The summed E-state index contributed by atoms with van der Waals surface area (Å²) in [6, 6.07) is 6.73. The monoisotopic (exact) mass is 291 g/mol. The molecule has 0 aliphatic rings. The molecule has 20 heavy (non-hydrogen) atoms. The van der Waals surface area contributed by atoms with Gasteiger partial charge in [0.25, 0.3) is 5.91 Å². The first-order chi connectivity index (χ1) is 9.61. The molecule has 1 aromatic heterocycles. The van der Waals surface area contributed by atoms with E-state index >= 15 is 0 Å². The van der Waals surface area contributed by atoms with Gasteiger partial charge in [-0.25, -0.2) is 4.79 Å².